The molecule has 0 fully saturated rings. The number of sulfonamides is 1. The Morgan fingerprint density at radius 1 is 1.29 bits per heavy atom. The number of benzene rings is 1. The number of aryl methyl sites for hydroxylation is 1. The topological polar surface area (TPSA) is 119 Å². The molecule has 0 amide bonds. The minimum Gasteiger partial charge on any atom is -0.486 e. The Bertz CT molecular complexity index is 785. The van der Waals surface area contributed by atoms with Gasteiger partial charge in [-0.25, -0.2) is 8.42 Å². The second kappa shape index (κ2) is 4.85. The Labute approximate surface area is 121 Å². The Morgan fingerprint density at radius 3 is 2.57 bits per heavy atom. The van der Waals surface area contributed by atoms with E-state index >= 15 is 0 Å². The molecule has 2 aromatic rings. The summed E-state index contributed by atoms with van der Waals surface area (Å²) in [5.41, 5.74) is 6.79. The summed E-state index contributed by atoms with van der Waals surface area (Å²) in [6, 6.07) is 3.05. The molecule has 1 aliphatic rings. The van der Waals surface area contributed by atoms with Crippen molar-refractivity contribution in [2.24, 2.45) is 0 Å². The van der Waals surface area contributed by atoms with Crippen LogP contribution >= 0.6 is 0 Å². The highest BCUT2D eigenvalue weighted by atomic mass is 32.2. The van der Waals surface area contributed by atoms with E-state index in [9.17, 15) is 8.42 Å². The maximum absolute atomic E-state index is 12.3. The van der Waals surface area contributed by atoms with Crippen LogP contribution in [0.1, 0.15) is 5.69 Å². The maximum atomic E-state index is 12.3. The summed E-state index contributed by atoms with van der Waals surface area (Å²) in [6.45, 7) is 2.46. The summed E-state index contributed by atoms with van der Waals surface area (Å²) in [5.74, 6) is 0.957. The summed E-state index contributed by atoms with van der Waals surface area (Å²) in [5, 5.41) is 6.28. The van der Waals surface area contributed by atoms with Gasteiger partial charge in [0.05, 0.1) is 23.3 Å². The van der Waals surface area contributed by atoms with Gasteiger partial charge in [0.15, 0.2) is 11.5 Å². The SMILES string of the molecule is Cc1[nH]ncc1S(=O)(=O)Nc1cc2c(cc1N)OCCO2. The molecular formula is C12H14N4O4S. The fraction of sp³-hybridized carbons (Fsp3) is 0.250. The predicted molar refractivity (Wildman–Crippen MR) is 76.0 cm³/mol. The Hall–Kier alpha value is -2.42. The van der Waals surface area contributed by atoms with Crippen molar-refractivity contribution in [1.82, 2.24) is 10.2 Å². The second-order valence-corrected chi connectivity index (χ2v) is 6.20. The van der Waals surface area contributed by atoms with Gasteiger partial charge in [0, 0.05) is 12.1 Å². The lowest BCUT2D eigenvalue weighted by atomic mass is 10.2. The number of hydrogen-bond donors (Lipinski definition) is 3. The molecule has 0 aliphatic carbocycles. The van der Waals surface area contributed by atoms with Gasteiger partial charge in [-0.1, -0.05) is 0 Å². The molecule has 1 aliphatic heterocycles. The van der Waals surface area contributed by atoms with E-state index in [0.29, 0.717) is 30.4 Å². The summed E-state index contributed by atoms with van der Waals surface area (Å²) < 4.78 is 37.8. The van der Waals surface area contributed by atoms with Gasteiger partial charge in [0.1, 0.15) is 18.1 Å². The molecule has 0 radical (unpaired) electrons. The number of hydrogen-bond acceptors (Lipinski definition) is 6. The number of fused-ring (bicyclic) bond motifs is 1. The van der Waals surface area contributed by atoms with E-state index in [1.165, 1.54) is 18.3 Å². The van der Waals surface area contributed by atoms with Gasteiger partial charge in [0.25, 0.3) is 10.0 Å². The Morgan fingerprint density at radius 2 is 1.95 bits per heavy atom. The molecule has 0 bridgehead atoms. The van der Waals surface area contributed by atoms with Crippen molar-refractivity contribution >= 4 is 21.4 Å². The molecule has 1 aromatic heterocycles. The molecule has 112 valence electrons. The number of aromatic amines is 1. The predicted octanol–water partition coefficient (Wildman–Crippen LogP) is 0.872. The van der Waals surface area contributed by atoms with Gasteiger partial charge in [-0.3, -0.25) is 9.82 Å². The second-order valence-electron chi connectivity index (χ2n) is 4.55. The normalized spacial score (nSPS) is 14.0. The zero-order chi connectivity index (χ0) is 15.0. The van der Waals surface area contributed by atoms with Gasteiger partial charge in [-0.2, -0.15) is 5.10 Å². The van der Waals surface area contributed by atoms with Gasteiger partial charge < -0.3 is 15.2 Å². The molecule has 0 atom stereocenters. The van der Waals surface area contributed by atoms with E-state index in [0.717, 1.165) is 0 Å². The van der Waals surface area contributed by atoms with Crippen molar-refractivity contribution < 1.29 is 17.9 Å². The number of rotatable bonds is 3. The average Bonchev–Trinajstić information content (AvgIpc) is 2.86. The van der Waals surface area contributed by atoms with E-state index in [4.69, 9.17) is 15.2 Å². The number of ether oxygens (including phenoxy) is 2. The molecule has 9 heteroatoms. The number of nitrogens with one attached hydrogen (secondary N) is 2. The van der Waals surface area contributed by atoms with Crippen molar-refractivity contribution in [3.05, 3.63) is 24.0 Å². The first kappa shape index (κ1) is 13.6. The third-order valence-electron chi connectivity index (χ3n) is 3.03. The van der Waals surface area contributed by atoms with Crippen LogP contribution in [-0.4, -0.2) is 31.8 Å². The van der Waals surface area contributed by atoms with Crippen molar-refractivity contribution in [2.45, 2.75) is 11.8 Å². The zero-order valence-corrected chi connectivity index (χ0v) is 12.0. The molecule has 0 unspecified atom stereocenters. The van der Waals surface area contributed by atoms with Crippen LogP contribution in [0.2, 0.25) is 0 Å². The van der Waals surface area contributed by atoms with Crippen LogP contribution < -0.4 is 19.9 Å². The lowest BCUT2D eigenvalue weighted by Gasteiger charge is -2.20. The minimum absolute atomic E-state index is 0.0665. The fourth-order valence-corrected chi connectivity index (χ4v) is 3.22. The third kappa shape index (κ3) is 2.47. The van der Waals surface area contributed by atoms with Crippen molar-refractivity contribution in [3.63, 3.8) is 0 Å². The number of nitrogen functional groups attached to an aromatic ring is 1. The Kier molecular flexibility index (Phi) is 3.13. The molecular weight excluding hydrogens is 296 g/mol. The monoisotopic (exact) mass is 310 g/mol. The molecule has 0 spiro atoms. The van der Waals surface area contributed by atoms with Crippen molar-refractivity contribution in [2.75, 3.05) is 23.7 Å². The zero-order valence-electron chi connectivity index (χ0n) is 11.2. The van der Waals surface area contributed by atoms with E-state index in [1.807, 2.05) is 0 Å². The quantitative estimate of drug-likeness (QED) is 0.724. The number of nitrogens with zero attached hydrogens (tertiary/aromatic N) is 1. The number of anilines is 2. The van der Waals surface area contributed by atoms with Gasteiger partial charge >= 0.3 is 0 Å². The summed E-state index contributed by atoms with van der Waals surface area (Å²) in [4.78, 5) is 0.0665. The van der Waals surface area contributed by atoms with Crippen LogP contribution in [0.25, 0.3) is 0 Å². The molecule has 1 aromatic carbocycles. The molecule has 2 heterocycles. The first-order chi connectivity index (χ1) is 9.97. The van der Waals surface area contributed by atoms with E-state index in [-0.39, 0.29) is 16.3 Å². The number of aromatic nitrogens is 2. The van der Waals surface area contributed by atoms with E-state index in [1.54, 1.807) is 6.92 Å². The molecule has 4 N–H and O–H groups in total. The fourth-order valence-electron chi connectivity index (χ4n) is 2.00. The van der Waals surface area contributed by atoms with Crippen LogP contribution in [0.3, 0.4) is 0 Å². The smallest absolute Gasteiger partial charge is 0.265 e. The van der Waals surface area contributed by atoms with Crippen LogP contribution in [0, 0.1) is 6.92 Å². The third-order valence-corrected chi connectivity index (χ3v) is 4.51. The molecule has 0 saturated heterocycles. The summed E-state index contributed by atoms with van der Waals surface area (Å²) >= 11 is 0. The van der Waals surface area contributed by atoms with Crippen molar-refractivity contribution in [3.8, 4) is 11.5 Å². The van der Waals surface area contributed by atoms with Gasteiger partial charge in [-0.05, 0) is 6.92 Å². The van der Waals surface area contributed by atoms with Gasteiger partial charge in [-0.15, -0.1) is 0 Å². The van der Waals surface area contributed by atoms with Crippen LogP contribution in [0.4, 0.5) is 11.4 Å². The van der Waals surface area contributed by atoms with Crippen molar-refractivity contribution in [1.29, 1.82) is 0 Å². The molecule has 3 rings (SSSR count). The van der Waals surface area contributed by atoms with E-state index < -0.39 is 10.0 Å². The highest BCUT2D eigenvalue weighted by Crippen LogP contribution is 2.37. The van der Waals surface area contributed by atoms with Gasteiger partial charge in [0.2, 0.25) is 0 Å². The average molecular weight is 310 g/mol. The highest BCUT2D eigenvalue weighted by molar-refractivity contribution is 7.92. The maximum Gasteiger partial charge on any atom is 0.265 e. The summed E-state index contributed by atoms with van der Waals surface area (Å²) in [6.07, 6.45) is 1.24. The summed E-state index contributed by atoms with van der Waals surface area (Å²) in [7, 11) is -3.77. The van der Waals surface area contributed by atoms with Crippen LogP contribution in [0.5, 0.6) is 11.5 Å². The minimum atomic E-state index is -3.77. The molecule has 21 heavy (non-hydrogen) atoms. The molecule has 8 nitrogen and oxygen atoms in total. The standard InChI is InChI=1S/C12H14N4O4S/c1-7-12(6-14-15-7)21(17,18)16-9-5-11-10(4-8(9)13)19-2-3-20-11/h4-6,16H,2-3,13H2,1H3,(H,14,15). The highest BCUT2D eigenvalue weighted by Gasteiger charge is 2.22. The first-order valence-electron chi connectivity index (χ1n) is 6.19. The van der Waals surface area contributed by atoms with Crippen LogP contribution in [-0.2, 0) is 10.0 Å². The first-order valence-corrected chi connectivity index (χ1v) is 7.67. The lowest BCUT2D eigenvalue weighted by molar-refractivity contribution is 0.172. The number of nitrogens with two attached hydrogens (primary N) is 1. The largest absolute Gasteiger partial charge is 0.486 e. The lowest BCUT2D eigenvalue weighted by Crippen LogP contribution is -2.18. The number of H-pyrrole nitrogens is 1. The van der Waals surface area contributed by atoms with Crippen LogP contribution in [0.15, 0.2) is 23.2 Å². The molecule has 0 saturated carbocycles. The van der Waals surface area contributed by atoms with E-state index in [2.05, 4.69) is 14.9 Å². The Balaban J connectivity index is 1.97.